The van der Waals surface area contributed by atoms with Crippen LogP contribution in [0.5, 0.6) is 5.75 Å². The predicted octanol–water partition coefficient (Wildman–Crippen LogP) is 1.89. The summed E-state index contributed by atoms with van der Waals surface area (Å²) in [5.41, 5.74) is 0.548. The second-order valence-corrected chi connectivity index (χ2v) is 3.96. The van der Waals surface area contributed by atoms with Gasteiger partial charge >= 0.3 is 0 Å². The Morgan fingerprint density at radius 1 is 1.38 bits per heavy atom. The van der Waals surface area contributed by atoms with Gasteiger partial charge in [-0.25, -0.2) is 4.39 Å². The summed E-state index contributed by atoms with van der Waals surface area (Å²) in [7, 11) is 0. The minimum Gasteiger partial charge on any atom is -0.493 e. The molecule has 0 fully saturated rings. The summed E-state index contributed by atoms with van der Waals surface area (Å²) in [5, 5.41) is 18.3. The van der Waals surface area contributed by atoms with E-state index in [1.54, 1.807) is 6.92 Å². The largest absolute Gasteiger partial charge is 0.493 e. The highest BCUT2D eigenvalue weighted by Crippen LogP contribution is 2.26. The molecule has 0 saturated heterocycles. The van der Waals surface area contributed by atoms with E-state index in [0.717, 1.165) is 0 Å². The summed E-state index contributed by atoms with van der Waals surface area (Å²) in [4.78, 5) is 0. The van der Waals surface area contributed by atoms with Crippen molar-refractivity contribution >= 4 is 0 Å². The van der Waals surface area contributed by atoms with Crippen LogP contribution in [0.25, 0.3) is 0 Å². The third-order valence-corrected chi connectivity index (χ3v) is 2.26. The van der Waals surface area contributed by atoms with Gasteiger partial charge in [0.25, 0.3) is 0 Å². The Balaban J connectivity index is 2.80. The molecule has 0 aliphatic rings. The minimum absolute atomic E-state index is 0.0132. The van der Waals surface area contributed by atoms with Crippen molar-refractivity contribution in [1.29, 1.82) is 0 Å². The highest BCUT2D eigenvalue weighted by atomic mass is 19.1. The van der Waals surface area contributed by atoms with Crippen LogP contribution in [-0.4, -0.2) is 23.4 Å². The number of benzene rings is 1. The molecule has 0 aliphatic heterocycles. The van der Waals surface area contributed by atoms with E-state index in [1.165, 1.54) is 18.2 Å². The van der Waals surface area contributed by atoms with Gasteiger partial charge in [0.1, 0.15) is 11.6 Å². The van der Waals surface area contributed by atoms with Crippen molar-refractivity contribution in [2.45, 2.75) is 20.0 Å². The van der Waals surface area contributed by atoms with E-state index >= 15 is 0 Å². The highest BCUT2D eigenvalue weighted by Gasteiger charge is 2.11. The van der Waals surface area contributed by atoms with Crippen LogP contribution in [-0.2, 0) is 0 Å². The van der Waals surface area contributed by atoms with Crippen LogP contribution in [0.2, 0.25) is 0 Å². The lowest BCUT2D eigenvalue weighted by molar-refractivity contribution is 0.163. The van der Waals surface area contributed by atoms with E-state index in [1.807, 2.05) is 6.92 Å². The Hall–Kier alpha value is -1.13. The molecule has 2 atom stereocenters. The predicted molar refractivity (Wildman–Crippen MR) is 58.8 cm³/mol. The first-order valence-electron chi connectivity index (χ1n) is 5.25. The van der Waals surface area contributed by atoms with Gasteiger partial charge in [0.15, 0.2) is 0 Å². The molecule has 0 spiro atoms. The van der Waals surface area contributed by atoms with Gasteiger partial charge in [-0.2, -0.15) is 0 Å². The Morgan fingerprint density at radius 3 is 2.62 bits per heavy atom. The second kappa shape index (κ2) is 5.82. The Bertz CT molecular complexity index is 339. The minimum atomic E-state index is -0.708. The van der Waals surface area contributed by atoms with E-state index in [2.05, 4.69) is 0 Å². The molecule has 90 valence electrons. The Labute approximate surface area is 94.5 Å². The summed E-state index contributed by atoms with van der Waals surface area (Å²) in [6.07, 6.45) is -0.708. The normalized spacial score (nSPS) is 14.6. The third-order valence-electron chi connectivity index (χ3n) is 2.26. The van der Waals surface area contributed by atoms with Crippen LogP contribution >= 0.6 is 0 Å². The molecule has 0 heterocycles. The van der Waals surface area contributed by atoms with Crippen LogP contribution in [0.3, 0.4) is 0 Å². The van der Waals surface area contributed by atoms with Crippen LogP contribution < -0.4 is 4.74 Å². The average molecular weight is 228 g/mol. The molecule has 0 radical (unpaired) electrons. The zero-order chi connectivity index (χ0) is 12.1. The average Bonchev–Trinajstić information content (AvgIpc) is 2.25. The van der Waals surface area contributed by atoms with E-state index in [-0.39, 0.29) is 12.5 Å². The van der Waals surface area contributed by atoms with Crippen molar-refractivity contribution in [1.82, 2.24) is 0 Å². The van der Waals surface area contributed by atoms with E-state index in [9.17, 15) is 9.50 Å². The Morgan fingerprint density at radius 2 is 2.06 bits per heavy atom. The molecule has 1 aromatic rings. The monoisotopic (exact) mass is 228 g/mol. The molecule has 0 aliphatic carbocycles. The number of ether oxygens (including phenoxy) is 1. The quantitative estimate of drug-likeness (QED) is 0.809. The van der Waals surface area contributed by atoms with Crippen molar-refractivity contribution in [3.63, 3.8) is 0 Å². The zero-order valence-electron chi connectivity index (χ0n) is 9.48. The van der Waals surface area contributed by atoms with Crippen LogP contribution in [0, 0.1) is 11.7 Å². The number of halogens is 1. The standard InChI is InChI=1S/C12H17FO3/c1-8(6-14)7-16-12-5-10(13)3-4-11(12)9(2)15/h3-5,8-9,14-15H,6-7H2,1-2H3. The second-order valence-electron chi connectivity index (χ2n) is 3.96. The van der Waals surface area contributed by atoms with Crippen LogP contribution in [0.1, 0.15) is 25.5 Å². The molecule has 2 unspecified atom stereocenters. The molecule has 4 heteroatoms. The molecule has 3 nitrogen and oxygen atoms in total. The number of aliphatic hydroxyl groups is 2. The first kappa shape index (κ1) is 12.9. The molecule has 0 saturated carbocycles. The fourth-order valence-corrected chi connectivity index (χ4v) is 1.26. The lowest BCUT2D eigenvalue weighted by Crippen LogP contribution is -2.13. The van der Waals surface area contributed by atoms with Gasteiger partial charge in [0.05, 0.1) is 12.7 Å². The highest BCUT2D eigenvalue weighted by molar-refractivity contribution is 5.35. The lowest BCUT2D eigenvalue weighted by Gasteiger charge is -2.15. The zero-order valence-corrected chi connectivity index (χ0v) is 9.48. The van der Waals surface area contributed by atoms with Crippen LogP contribution in [0.15, 0.2) is 18.2 Å². The van der Waals surface area contributed by atoms with Crippen molar-refractivity contribution in [3.05, 3.63) is 29.6 Å². The summed E-state index contributed by atoms with van der Waals surface area (Å²) < 4.78 is 18.4. The molecular formula is C12H17FO3. The molecule has 0 amide bonds. The van der Waals surface area contributed by atoms with Crippen molar-refractivity contribution < 1.29 is 19.3 Å². The number of rotatable bonds is 5. The molecule has 2 N–H and O–H groups in total. The summed E-state index contributed by atoms with van der Waals surface area (Å²) in [6, 6.07) is 4.02. The van der Waals surface area contributed by atoms with Gasteiger partial charge in [-0.3, -0.25) is 0 Å². The first-order chi connectivity index (χ1) is 7.54. The number of hydrogen-bond acceptors (Lipinski definition) is 3. The van der Waals surface area contributed by atoms with Crippen LogP contribution in [0.4, 0.5) is 4.39 Å². The van der Waals surface area contributed by atoms with Gasteiger partial charge in [0, 0.05) is 24.2 Å². The van der Waals surface area contributed by atoms with Gasteiger partial charge in [-0.1, -0.05) is 6.92 Å². The SMILES string of the molecule is CC(CO)COc1cc(F)ccc1C(C)O. The van der Waals surface area contributed by atoms with Crippen molar-refractivity contribution in [3.8, 4) is 5.75 Å². The molecule has 16 heavy (non-hydrogen) atoms. The Kier molecular flexibility index (Phi) is 4.71. The molecule has 1 aromatic carbocycles. The molecule has 1 rings (SSSR count). The molecule has 0 aromatic heterocycles. The van der Waals surface area contributed by atoms with E-state index in [0.29, 0.717) is 17.9 Å². The summed E-state index contributed by atoms with van der Waals surface area (Å²) in [5.74, 6) is -0.100. The smallest absolute Gasteiger partial charge is 0.128 e. The molecular weight excluding hydrogens is 211 g/mol. The maximum atomic E-state index is 13.0. The van der Waals surface area contributed by atoms with E-state index < -0.39 is 11.9 Å². The lowest BCUT2D eigenvalue weighted by atomic mass is 10.1. The van der Waals surface area contributed by atoms with Gasteiger partial charge in [-0.15, -0.1) is 0 Å². The van der Waals surface area contributed by atoms with Crippen molar-refractivity contribution in [2.24, 2.45) is 5.92 Å². The fraction of sp³-hybridized carbons (Fsp3) is 0.500. The number of aliphatic hydroxyl groups excluding tert-OH is 2. The summed E-state index contributed by atoms with van der Waals surface area (Å²) >= 11 is 0. The van der Waals surface area contributed by atoms with Gasteiger partial charge in [0.2, 0.25) is 0 Å². The molecule has 0 bridgehead atoms. The topological polar surface area (TPSA) is 49.7 Å². The van der Waals surface area contributed by atoms with Crippen molar-refractivity contribution in [2.75, 3.05) is 13.2 Å². The first-order valence-corrected chi connectivity index (χ1v) is 5.25. The van der Waals surface area contributed by atoms with Gasteiger partial charge in [-0.05, 0) is 19.1 Å². The van der Waals surface area contributed by atoms with Gasteiger partial charge < -0.3 is 14.9 Å². The maximum Gasteiger partial charge on any atom is 0.128 e. The van der Waals surface area contributed by atoms with E-state index in [4.69, 9.17) is 9.84 Å². The summed E-state index contributed by atoms with van der Waals surface area (Å²) in [6.45, 7) is 3.72. The maximum absolute atomic E-state index is 13.0. The fourth-order valence-electron chi connectivity index (χ4n) is 1.26. The third kappa shape index (κ3) is 3.47. The number of hydrogen-bond donors (Lipinski definition) is 2.